The second-order valence-electron chi connectivity index (χ2n) is 2.90. The number of carbonyl (C=O) groups is 4. The van der Waals surface area contributed by atoms with E-state index in [0.717, 1.165) is 0 Å². The van der Waals surface area contributed by atoms with Crippen LogP contribution >= 0.6 is 0 Å². The van der Waals surface area contributed by atoms with Crippen molar-refractivity contribution in [2.75, 3.05) is 0 Å². The minimum absolute atomic E-state index is 1.54. The molecule has 5 N–H and O–H groups in total. The first kappa shape index (κ1) is 14.6. The second kappa shape index (κ2) is 5.12. The monoisotopic (exact) mass is 252 g/mol. The maximum absolute atomic E-state index is 10.6. The van der Waals surface area contributed by atoms with Gasteiger partial charge in [0.05, 0.1) is 6.42 Å². The van der Waals surface area contributed by atoms with E-state index >= 15 is 0 Å². The summed E-state index contributed by atoms with van der Waals surface area (Å²) in [5, 5.41) is 43.0. The fraction of sp³-hybridized carbons (Fsp3) is 0.429. The van der Waals surface area contributed by atoms with Gasteiger partial charge in [0.15, 0.2) is 0 Å². The van der Waals surface area contributed by atoms with Crippen LogP contribution < -0.4 is 0 Å². The lowest BCUT2D eigenvalue weighted by Crippen LogP contribution is -2.56. The van der Waals surface area contributed by atoms with E-state index < -0.39 is 42.2 Å². The minimum atomic E-state index is -3.39. The highest BCUT2D eigenvalue weighted by atomic mass is 16.7. The van der Waals surface area contributed by atoms with Crippen LogP contribution in [0.1, 0.15) is 6.42 Å². The molecule has 0 radical (unpaired) electrons. The molecule has 0 fully saturated rings. The average Bonchev–Trinajstić information content (AvgIpc) is 2.11. The van der Waals surface area contributed by atoms with E-state index in [4.69, 9.17) is 20.4 Å². The largest absolute Gasteiger partial charge is 0.506 e. The number of aliphatic hydroxyl groups is 1. The molecule has 0 aromatic heterocycles. The Balaban J connectivity index is 5.36. The Labute approximate surface area is 92.7 Å². The quantitative estimate of drug-likeness (QED) is 0.346. The average molecular weight is 252 g/mol. The van der Waals surface area contributed by atoms with Crippen molar-refractivity contribution in [3.05, 3.63) is 0 Å². The summed E-state index contributed by atoms with van der Waals surface area (Å²) in [6, 6.07) is 0. The topological polar surface area (TPSA) is 179 Å². The molecule has 0 amide bonds. The summed E-state index contributed by atoms with van der Waals surface area (Å²) >= 11 is 0. The zero-order chi connectivity index (χ0) is 13.8. The predicted octanol–water partition coefficient (Wildman–Crippen LogP) is -1.58. The van der Waals surface area contributed by atoms with Crippen LogP contribution in [0.3, 0.4) is 0 Å². The number of carboxylic acids is 3. The van der Waals surface area contributed by atoms with Crippen molar-refractivity contribution in [3.8, 4) is 0 Å². The minimum Gasteiger partial charge on any atom is -0.481 e. The van der Waals surface area contributed by atoms with Gasteiger partial charge in [-0.25, -0.2) is 14.4 Å². The van der Waals surface area contributed by atoms with Gasteiger partial charge in [-0.15, -0.1) is 0 Å². The lowest BCUT2D eigenvalue weighted by atomic mass is 9.92. The zero-order valence-electron chi connectivity index (χ0n) is 8.06. The fourth-order valence-corrected chi connectivity index (χ4v) is 0.964. The number of hydrogen-bond acceptors (Lipinski definition) is 6. The van der Waals surface area contributed by atoms with Gasteiger partial charge in [-0.2, -0.15) is 0 Å². The Bertz CT molecular complexity index is 360. The number of rotatable bonds is 6. The summed E-state index contributed by atoms with van der Waals surface area (Å²) in [4.78, 5) is 41.6. The molecule has 10 nitrogen and oxygen atoms in total. The third-order valence-electron chi connectivity index (χ3n) is 1.67. The van der Waals surface area contributed by atoms with Gasteiger partial charge in [-0.3, -0.25) is 4.79 Å². The number of hydrogen-bond donors (Lipinski definition) is 5. The summed E-state index contributed by atoms with van der Waals surface area (Å²) in [6.07, 6.45) is -6.46. The molecule has 0 aliphatic rings. The molecule has 10 heteroatoms. The molecule has 0 rings (SSSR count). The Morgan fingerprint density at radius 3 is 1.76 bits per heavy atom. The lowest BCUT2D eigenvalue weighted by molar-refractivity contribution is -0.188. The van der Waals surface area contributed by atoms with Crippen molar-refractivity contribution in [2.45, 2.75) is 18.1 Å². The van der Waals surface area contributed by atoms with Gasteiger partial charge in [-0.05, 0) is 0 Å². The molecule has 0 aliphatic carbocycles. The van der Waals surface area contributed by atoms with Crippen molar-refractivity contribution in [2.24, 2.45) is 0 Å². The van der Waals surface area contributed by atoms with Gasteiger partial charge >= 0.3 is 24.1 Å². The highest BCUT2D eigenvalue weighted by molar-refractivity contribution is 5.91. The summed E-state index contributed by atoms with van der Waals surface area (Å²) < 4.78 is 3.66. The summed E-state index contributed by atoms with van der Waals surface area (Å²) in [5.74, 6) is -6.19. The number of ether oxygens (including phenoxy) is 1. The first-order valence-corrected chi connectivity index (χ1v) is 3.91. The molecule has 0 saturated carbocycles. The molecule has 0 bridgehead atoms. The van der Waals surface area contributed by atoms with Crippen molar-refractivity contribution in [1.82, 2.24) is 0 Å². The van der Waals surface area contributed by atoms with Crippen LogP contribution in [-0.4, -0.2) is 61.3 Å². The van der Waals surface area contributed by atoms with E-state index in [0.29, 0.717) is 0 Å². The molecule has 0 saturated heterocycles. The van der Waals surface area contributed by atoms with E-state index in [1.54, 1.807) is 0 Å². The molecule has 96 valence electrons. The number of carboxylic acid groups (broad SMARTS) is 4. The molecule has 0 aliphatic heterocycles. The van der Waals surface area contributed by atoms with Gasteiger partial charge in [0.1, 0.15) is 0 Å². The maximum Gasteiger partial charge on any atom is 0.506 e. The third kappa shape index (κ3) is 3.61. The van der Waals surface area contributed by atoms with Gasteiger partial charge in [-0.1, -0.05) is 0 Å². The normalized spacial score (nSPS) is 15.4. The lowest BCUT2D eigenvalue weighted by Gasteiger charge is -2.26. The Hall–Kier alpha value is -2.36. The Morgan fingerprint density at radius 2 is 1.53 bits per heavy atom. The molecule has 2 unspecified atom stereocenters. The smallest absolute Gasteiger partial charge is 0.481 e. The van der Waals surface area contributed by atoms with Crippen molar-refractivity contribution >= 4 is 24.1 Å². The predicted molar refractivity (Wildman–Crippen MR) is 45.4 cm³/mol. The molecule has 17 heavy (non-hydrogen) atoms. The first-order chi connectivity index (χ1) is 7.61. The molecule has 0 spiro atoms. The SMILES string of the molecule is O=C(O)CC(O)(C(=O)O)C(OC(=O)O)C(=O)O. The Morgan fingerprint density at radius 1 is 1.06 bits per heavy atom. The fourth-order valence-electron chi connectivity index (χ4n) is 0.964. The van der Waals surface area contributed by atoms with Crippen LogP contribution in [0.4, 0.5) is 4.79 Å². The standard InChI is InChI=1S/C7H8O10/c8-2(9)1-7(16,5(12)13)3(4(10)11)17-6(14)15/h3,16H,1H2,(H,8,9)(H,10,11)(H,12,13)(H,14,15). The van der Waals surface area contributed by atoms with Gasteiger partial charge < -0.3 is 30.3 Å². The van der Waals surface area contributed by atoms with Gasteiger partial charge in [0.2, 0.25) is 11.7 Å². The molecular weight excluding hydrogens is 244 g/mol. The van der Waals surface area contributed by atoms with E-state index in [9.17, 15) is 24.3 Å². The summed E-state index contributed by atoms with van der Waals surface area (Å²) in [5.41, 5.74) is -3.39. The second-order valence-corrected chi connectivity index (χ2v) is 2.90. The molecule has 0 aromatic carbocycles. The van der Waals surface area contributed by atoms with E-state index in [-0.39, 0.29) is 0 Å². The van der Waals surface area contributed by atoms with E-state index in [2.05, 4.69) is 4.74 Å². The van der Waals surface area contributed by atoms with Gasteiger partial charge in [0.25, 0.3) is 0 Å². The first-order valence-electron chi connectivity index (χ1n) is 3.91. The van der Waals surface area contributed by atoms with Crippen molar-refractivity contribution < 1.29 is 49.4 Å². The number of aliphatic carboxylic acids is 3. The van der Waals surface area contributed by atoms with E-state index in [1.165, 1.54) is 0 Å². The zero-order valence-corrected chi connectivity index (χ0v) is 8.06. The van der Waals surface area contributed by atoms with Gasteiger partial charge in [0, 0.05) is 0 Å². The molecular formula is C7H8O10. The third-order valence-corrected chi connectivity index (χ3v) is 1.67. The highest BCUT2D eigenvalue weighted by Crippen LogP contribution is 2.20. The molecule has 2 atom stereocenters. The van der Waals surface area contributed by atoms with Crippen LogP contribution in [0.25, 0.3) is 0 Å². The summed E-state index contributed by atoms with van der Waals surface area (Å²) in [7, 11) is 0. The van der Waals surface area contributed by atoms with Crippen LogP contribution in [-0.2, 0) is 19.1 Å². The van der Waals surface area contributed by atoms with Crippen LogP contribution in [0.2, 0.25) is 0 Å². The van der Waals surface area contributed by atoms with Crippen LogP contribution in [0.15, 0.2) is 0 Å². The Kier molecular flexibility index (Phi) is 4.41. The van der Waals surface area contributed by atoms with Crippen molar-refractivity contribution in [3.63, 3.8) is 0 Å². The summed E-state index contributed by atoms with van der Waals surface area (Å²) in [6.45, 7) is 0. The maximum atomic E-state index is 10.6. The molecule has 0 heterocycles. The van der Waals surface area contributed by atoms with Crippen LogP contribution in [0.5, 0.6) is 0 Å². The van der Waals surface area contributed by atoms with E-state index in [1.807, 2.05) is 0 Å². The highest BCUT2D eigenvalue weighted by Gasteiger charge is 2.53. The van der Waals surface area contributed by atoms with Crippen molar-refractivity contribution in [1.29, 1.82) is 0 Å². The van der Waals surface area contributed by atoms with Crippen LogP contribution in [0, 0.1) is 0 Å². The molecule has 0 aromatic rings.